The number of pyridine rings is 1. The first-order valence-corrected chi connectivity index (χ1v) is 12.9. The van der Waals surface area contributed by atoms with E-state index < -0.39 is 23.5 Å². The maximum atomic E-state index is 13.6. The lowest BCUT2D eigenvalue weighted by molar-refractivity contribution is -0.143. The summed E-state index contributed by atoms with van der Waals surface area (Å²) in [5.74, 6) is 1.18. The Morgan fingerprint density at radius 2 is 1.89 bits per heavy atom. The van der Waals surface area contributed by atoms with E-state index in [-0.39, 0.29) is 23.0 Å². The molecule has 198 valence electrons. The van der Waals surface area contributed by atoms with E-state index in [9.17, 15) is 26.3 Å². The molecule has 2 atom stereocenters. The second-order valence-corrected chi connectivity index (χ2v) is 10.8. The van der Waals surface area contributed by atoms with Gasteiger partial charge in [0.2, 0.25) is 0 Å². The fourth-order valence-corrected chi connectivity index (χ4v) is 6.17. The van der Waals surface area contributed by atoms with Gasteiger partial charge in [-0.25, -0.2) is 0 Å². The third-order valence-electron chi connectivity index (χ3n) is 7.32. The summed E-state index contributed by atoms with van der Waals surface area (Å²) in [5, 5.41) is 9.30. The van der Waals surface area contributed by atoms with Gasteiger partial charge in [0, 0.05) is 37.3 Å². The number of nitrogens with zero attached hydrogens (tertiary/aromatic N) is 5. The van der Waals surface area contributed by atoms with Crippen molar-refractivity contribution in [2.75, 3.05) is 25.4 Å². The van der Waals surface area contributed by atoms with Gasteiger partial charge in [-0.05, 0) is 73.5 Å². The monoisotopic (exact) mass is 541 g/mol. The molecule has 2 fully saturated rings. The molecule has 37 heavy (non-hydrogen) atoms. The highest BCUT2D eigenvalue weighted by molar-refractivity contribution is 7.99. The van der Waals surface area contributed by atoms with Gasteiger partial charge in [-0.3, -0.25) is 4.98 Å². The lowest BCUT2D eigenvalue weighted by Crippen LogP contribution is -2.23. The normalized spacial score (nSPS) is 22.2. The molecule has 0 unspecified atom stereocenters. The van der Waals surface area contributed by atoms with Crippen molar-refractivity contribution < 1.29 is 26.3 Å². The molecule has 1 aromatic carbocycles. The Morgan fingerprint density at radius 3 is 2.59 bits per heavy atom. The van der Waals surface area contributed by atoms with Crippen LogP contribution < -0.4 is 0 Å². The van der Waals surface area contributed by atoms with Gasteiger partial charge in [0.15, 0.2) is 11.0 Å². The standard InChI is InChI=1S/C25H25F6N5S/c1-35-21(16-4-2-8-32-14-16)33-34-22(35)37-11-3-9-36-10-7-23(15-36)13-20(23)18-6-5-17(24(26,27)28)12-19(18)25(29,30)31/h2,4-6,8,12,14,20H,3,7,9-11,13,15H2,1H3/t20-,23+/m1/s1. The SMILES string of the molecule is Cn1c(SCCCN2CC[C@]3(C[C@@H]3c3ccc(C(F)(F)F)cc3C(F)(F)F)C2)nnc1-c1cccnc1. The quantitative estimate of drug-likeness (QED) is 0.200. The predicted molar refractivity (Wildman–Crippen MR) is 127 cm³/mol. The van der Waals surface area contributed by atoms with Gasteiger partial charge >= 0.3 is 12.4 Å². The van der Waals surface area contributed by atoms with E-state index in [4.69, 9.17) is 0 Å². The Balaban J connectivity index is 1.16. The van der Waals surface area contributed by atoms with E-state index in [1.807, 2.05) is 23.7 Å². The van der Waals surface area contributed by atoms with E-state index in [2.05, 4.69) is 20.1 Å². The van der Waals surface area contributed by atoms with E-state index >= 15 is 0 Å². The fraction of sp³-hybridized carbons (Fsp3) is 0.480. The lowest BCUT2D eigenvalue weighted by atomic mass is 9.93. The number of hydrogen-bond acceptors (Lipinski definition) is 5. The van der Waals surface area contributed by atoms with Gasteiger partial charge in [-0.2, -0.15) is 26.3 Å². The predicted octanol–water partition coefficient (Wildman–Crippen LogP) is 6.28. The topological polar surface area (TPSA) is 46.8 Å². The molecule has 0 amide bonds. The number of rotatable bonds is 7. The summed E-state index contributed by atoms with van der Waals surface area (Å²) in [5.41, 5.74) is -1.83. The maximum Gasteiger partial charge on any atom is 0.416 e. The summed E-state index contributed by atoms with van der Waals surface area (Å²) < 4.78 is 81.9. The molecule has 5 nitrogen and oxygen atoms in total. The van der Waals surface area contributed by atoms with Gasteiger partial charge in [0.25, 0.3) is 0 Å². The molecular formula is C25H25F6N5S. The number of aromatic nitrogens is 4. The highest BCUT2D eigenvalue weighted by atomic mass is 32.2. The second kappa shape index (κ2) is 9.61. The molecule has 0 N–H and O–H groups in total. The Bertz CT molecular complexity index is 1260. The summed E-state index contributed by atoms with van der Waals surface area (Å²) in [7, 11) is 1.90. The second-order valence-electron chi connectivity index (χ2n) is 9.75. The number of thioether (sulfide) groups is 1. The number of likely N-dealkylation sites (tertiary alicyclic amines) is 1. The smallest absolute Gasteiger partial charge is 0.305 e. The van der Waals surface area contributed by atoms with Gasteiger partial charge in [-0.15, -0.1) is 10.2 Å². The van der Waals surface area contributed by atoms with Gasteiger partial charge in [0.05, 0.1) is 11.1 Å². The highest BCUT2D eigenvalue weighted by Crippen LogP contribution is 2.65. The van der Waals surface area contributed by atoms with Crippen molar-refractivity contribution >= 4 is 11.8 Å². The molecule has 2 aliphatic rings. The van der Waals surface area contributed by atoms with Crippen LogP contribution in [-0.4, -0.2) is 50.0 Å². The van der Waals surface area contributed by atoms with Crippen molar-refractivity contribution in [1.82, 2.24) is 24.6 Å². The minimum Gasteiger partial charge on any atom is -0.305 e. The van der Waals surface area contributed by atoms with Crippen molar-refractivity contribution in [3.63, 3.8) is 0 Å². The zero-order valence-corrected chi connectivity index (χ0v) is 20.8. The van der Waals surface area contributed by atoms with Crippen LogP contribution in [0.4, 0.5) is 26.3 Å². The van der Waals surface area contributed by atoms with Crippen LogP contribution in [0.3, 0.4) is 0 Å². The Labute approximate surface area is 214 Å². The zero-order chi connectivity index (χ0) is 26.4. The van der Waals surface area contributed by atoms with Crippen molar-refractivity contribution in [2.45, 2.75) is 42.7 Å². The minimum absolute atomic E-state index is 0.00962. The molecule has 1 aliphatic heterocycles. The van der Waals surface area contributed by atoms with Gasteiger partial charge in [0.1, 0.15) is 0 Å². The molecule has 5 rings (SSSR count). The van der Waals surface area contributed by atoms with Crippen LogP contribution in [0.2, 0.25) is 0 Å². The molecular weight excluding hydrogens is 516 g/mol. The van der Waals surface area contributed by atoms with E-state index in [1.54, 1.807) is 24.2 Å². The molecule has 1 saturated carbocycles. The molecule has 1 spiro atoms. The number of hydrogen-bond donors (Lipinski definition) is 0. The molecule has 1 aliphatic carbocycles. The summed E-state index contributed by atoms with van der Waals surface area (Å²) in [6.07, 6.45) is -4.02. The fourth-order valence-electron chi connectivity index (χ4n) is 5.33. The van der Waals surface area contributed by atoms with Crippen LogP contribution in [0.5, 0.6) is 0 Å². The third-order valence-corrected chi connectivity index (χ3v) is 8.43. The summed E-state index contributed by atoms with van der Waals surface area (Å²) in [6.45, 7) is 2.24. The van der Waals surface area contributed by atoms with Crippen molar-refractivity contribution in [3.05, 3.63) is 59.4 Å². The molecule has 2 aromatic heterocycles. The molecule has 0 radical (unpaired) electrons. The largest absolute Gasteiger partial charge is 0.416 e. The van der Waals surface area contributed by atoms with Crippen molar-refractivity contribution in [3.8, 4) is 11.4 Å². The van der Waals surface area contributed by atoms with E-state index in [0.29, 0.717) is 13.0 Å². The third kappa shape index (κ3) is 5.36. The highest BCUT2D eigenvalue weighted by Gasteiger charge is 2.59. The first-order valence-electron chi connectivity index (χ1n) is 11.9. The van der Waals surface area contributed by atoms with Crippen molar-refractivity contribution in [1.29, 1.82) is 0 Å². The van der Waals surface area contributed by atoms with Crippen LogP contribution >= 0.6 is 11.8 Å². The summed E-state index contributed by atoms with van der Waals surface area (Å²) in [6, 6.07) is 5.82. The van der Waals surface area contributed by atoms with Crippen LogP contribution in [0.15, 0.2) is 47.9 Å². The van der Waals surface area contributed by atoms with E-state index in [0.717, 1.165) is 60.4 Å². The van der Waals surface area contributed by atoms with Gasteiger partial charge < -0.3 is 9.47 Å². The summed E-state index contributed by atoms with van der Waals surface area (Å²) >= 11 is 1.59. The minimum atomic E-state index is -4.83. The molecule has 0 bridgehead atoms. The van der Waals surface area contributed by atoms with Crippen LogP contribution in [0, 0.1) is 5.41 Å². The van der Waals surface area contributed by atoms with Crippen LogP contribution in [0.25, 0.3) is 11.4 Å². The molecule has 3 aromatic rings. The van der Waals surface area contributed by atoms with Crippen LogP contribution in [0.1, 0.15) is 41.9 Å². The first-order chi connectivity index (χ1) is 17.5. The molecule has 3 heterocycles. The van der Waals surface area contributed by atoms with Gasteiger partial charge in [-0.1, -0.05) is 17.8 Å². The number of benzene rings is 1. The Morgan fingerprint density at radius 1 is 1.08 bits per heavy atom. The average molecular weight is 542 g/mol. The first kappa shape index (κ1) is 26.0. The summed E-state index contributed by atoms with van der Waals surface area (Å²) in [4.78, 5) is 6.35. The average Bonchev–Trinajstić information content (AvgIpc) is 3.18. The van der Waals surface area contributed by atoms with Crippen LogP contribution in [-0.2, 0) is 19.4 Å². The Kier molecular flexibility index (Phi) is 6.76. The van der Waals surface area contributed by atoms with E-state index in [1.165, 1.54) is 0 Å². The molecule has 12 heteroatoms. The zero-order valence-electron chi connectivity index (χ0n) is 20.0. The lowest BCUT2D eigenvalue weighted by Gasteiger charge is -2.19. The molecule has 1 saturated heterocycles. The Hall–Kier alpha value is -2.60. The number of alkyl halides is 6. The maximum absolute atomic E-state index is 13.6. The van der Waals surface area contributed by atoms with Crippen molar-refractivity contribution in [2.24, 2.45) is 12.5 Å². The number of halogens is 6.